The van der Waals surface area contributed by atoms with Crippen molar-refractivity contribution in [1.29, 1.82) is 0 Å². The Morgan fingerprint density at radius 2 is 2.33 bits per heavy atom. The second kappa shape index (κ2) is 4.71. The number of aryl methyl sites for hydroxylation is 1. The summed E-state index contributed by atoms with van der Waals surface area (Å²) < 4.78 is 7.54. The van der Waals surface area contributed by atoms with Gasteiger partial charge in [-0.25, -0.2) is 4.98 Å². The lowest BCUT2D eigenvalue weighted by molar-refractivity contribution is 0.180. The molecule has 1 saturated heterocycles. The van der Waals surface area contributed by atoms with E-state index in [4.69, 9.17) is 10.5 Å². The molecule has 0 radical (unpaired) electrons. The first kappa shape index (κ1) is 11.7. The van der Waals surface area contributed by atoms with Crippen LogP contribution >= 0.6 is 0 Å². The van der Waals surface area contributed by atoms with E-state index in [1.165, 1.54) is 5.52 Å². The maximum Gasteiger partial charge on any atom is 0.111 e. The van der Waals surface area contributed by atoms with Crippen molar-refractivity contribution < 1.29 is 4.74 Å². The van der Waals surface area contributed by atoms with Gasteiger partial charge in [0.2, 0.25) is 0 Å². The van der Waals surface area contributed by atoms with Crippen molar-refractivity contribution in [3.05, 3.63) is 30.1 Å². The average molecular weight is 245 g/mol. The molecule has 96 valence electrons. The van der Waals surface area contributed by atoms with Crippen LogP contribution in [0.5, 0.6) is 0 Å². The van der Waals surface area contributed by atoms with E-state index in [1.807, 2.05) is 18.2 Å². The van der Waals surface area contributed by atoms with Crippen LogP contribution in [-0.4, -0.2) is 28.8 Å². The van der Waals surface area contributed by atoms with Gasteiger partial charge in [0.15, 0.2) is 0 Å². The third kappa shape index (κ3) is 2.02. The number of nitrogens with two attached hydrogens (primary N) is 1. The van der Waals surface area contributed by atoms with Gasteiger partial charge in [-0.1, -0.05) is 12.1 Å². The largest absolute Gasteiger partial charge is 0.381 e. The van der Waals surface area contributed by atoms with Gasteiger partial charge in [0.1, 0.15) is 5.82 Å². The Morgan fingerprint density at radius 3 is 3.06 bits per heavy atom. The number of para-hydroxylation sites is 2. The minimum absolute atomic E-state index is 0.142. The van der Waals surface area contributed by atoms with Gasteiger partial charge in [-0.3, -0.25) is 0 Å². The van der Waals surface area contributed by atoms with Crippen LogP contribution in [0.3, 0.4) is 0 Å². The molecule has 1 aromatic carbocycles. The number of nitrogens with zero attached hydrogens (tertiary/aromatic N) is 2. The predicted molar refractivity (Wildman–Crippen MR) is 71.3 cm³/mol. The van der Waals surface area contributed by atoms with Gasteiger partial charge >= 0.3 is 0 Å². The van der Waals surface area contributed by atoms with E-state index in [0.717, 1.165) is 37.4 Å². The third-order valence-electron chi connectivity index (χ3n) is 3.87. The summed E-state index contributed by atoms with van der Waals surface area (Å²) in [5, 5.41) is 0. The third-order valence-corrected chi connectivity index (χ3v) is 3.87. The van der Waals surface area contributed by atoms with Gasteiger partial charge in [-0.05, 0) is 24.5 Å². The molecule has 1 aromatic heterocycles. The Bertz CT molecular complexity index is 543. The summed E-state index contributed by atoms with van der Waals surface area (Å²) in [6.07, 6.45) is 1.89. The van der Waals surface area contributed by atoms with Crippen LogP contribution < -0.4 is 5.73 Å². The molecule has 0 bridgehead atoms. The Labute approximate surface area is 107 Å². The topological polar surface area (TPSA) is 53.1 Å². The Morgan fingerprint density at radius 1 is 1.50 bits per heavy atom. The fraction of sp³-hybridized carbons (Fsp3) is 0.500. The first-order valence-electron chi connectivity index (χ1n) is 6.49. The van der Waals surface area contributed by atoms with Gasteiger partial charge in [0, 0.05) is 26.1 Å². The Hall–Kier alpha value is -1.39. The standard InChI is InChI=1S/C14H19N3O/c1-17-13-5-3-2-4-12(13)16-14(17)8-11(15)10-6-7-18-9-10/h2-5,10-11H,6-9,15H2,1H3. The molecule has 2 unspecified atom stereocenters. The van der Waals surface area contributed by atoms with Gasteiger partial charge in [0.25, 0.3) is 0 Å². The minimum atomic E-state index is 0.142. The highest BCUT2D eigenvalue weighted by Crippen LogP contribution is 2.20. The van der Waals surface area contributed by atoms with Crippen LogP contribution in [0.15, 0.2) is 24.3 Å². The monoisotopic (exact) mass is 245 g/mol. The molecule has 1 aliphatic rings. The van der Waals surface area contributed by atoms with Crippen molar-refractivity contribution >= 4 is 11.0 Å². The normalized spacial score (nSPS) is 21.6. The van der Waals surface area contributed by atoms with Crippen LogP contribution in [0.25, 0.3) is 11.0 Å². The number of ether oxygens (including phenoxy) is 1. The average Bonchev–Trinajstić information content (AvgIpc) is 3.00. The fourth-order valence-electron chi connectivity index (χ4n) is 2.65. The zero-order valence-corrected chi connectivity index (χ0v) is 10.7. The quantitative estimate of drug-likeness (QED) is 0.891. The summed E-state index contributed by atoms with van der Waals surface area (Å²) in [5.74, 6) is 1.54. The molecule has 4 nitrogen and oxygen atoms in total. The molecule has 3 rings (SSSR count). The first-order chi connectivity index (χ1) is 8.75. The van der Waals surface area contributed by atoms with Crippen molar-refractivity contribution in [2.24, 2.45) is 18.7 Å². The molecule has 1 aliphatic heterocycles. The van der Waals surface area contributed by atoms with Crippen molar-refractivity contribution in [2.75, 3.05) is 13.2 Å². The lowest BCUT2D eigenvalue weighted by Gasteiger charge is -2.17. The molecule has 0 amide bonds. The van der Waals surface area contributed by atoms with E-state index in [-0.39, 0.29) is 6.04 Å². The highest BCUT2D eigenvalue weighted by atomic mass is 16.5. The van der Waals surface area contributed by atoms with Crippen molar-refractivity contribution in [2.45, 2.75) is 18.9 Å². The number of hydrogen-bond acceptors (Lipinski definition) is 3. The number of fused-ring (bicyclic) bond motifs is 1. The molecular formula is C14H19N3O. The first-order valence-corrected chi connectivity index (χ1v) is 6.49. The molecule has 2 aromatic rings. The lowest BCUT2D eigenvalue weighted by atomic mass is 9.97. The molecule has 2 atom stereocenters. The second-order valence-electron chi connectivity index (χ2n) is 5.07. The van der Waals surface area contributed by atoms with Crippen LogP contribution in [0, 0.1) is 5.92 Å². The van der Waals surface area contributed by atoms with Gasteiger partial charge in [0.05, 0.1) is 17.6 Å². The maximum absolute atomic E-state index is 6.27. The molecule has 2 N–H and O–H groups in total. The summed E-state index contributed by atoms with van der Waals surface area (Å²) in [6, 6.07) is 8.34. The number of imidazole rings is 1. The molecule has 1 fully saturated rings. The number of hydrogen-bond donors (Lipinski definition) is 1. The molecule has 2 heterocycles. The smallest absolute Gasteiger partial charge is 0.111 e. The fourth-order valence-corrected chi connectivity index (χ4v) is 2.65. The summed E-state index contributed by atoms with van der Waals surface area (Å²) in [6.45, 7) is 1.64. The Kier molecular flexibility index (Phi) is 3.06. The molecular weight excluding hydrogens is 226 g/mol. The summed E-state index contributed by atoms with van der Waals surface area (Å²) in [7, 11) is 2.06. The molecule has 18 heavy (non-hydrogen) atoms. The van der Waals surface area contributed by atoms with Gasteiger partial charge < -0.3 is 15.0 Å². The maximum atomic E-state index is 6.27. The van der Waals surface area contributed by atoms with Crippen LogP contribution in [0.4, 0.5) is 0 Å². The van der Waals surface area contributed by atoms with Crippen LogP contribution in [0.1, 0.15) is 12.2 Å². The number of rotatable bonds is 3. The van der Waals surface area contributed by atoms with Gasteiger partial charge in [-0.15, -0.1) is 0 Å². The number of benzene rings is 1. The Balaban J connectivity index is 1.83. The molecule has 0 saturated carbocycles. The van der Waals surface area contributed by atoms with E-state index in [1.54, 1.807) is 0 Å². The van der Waals surface area contributed by atoms with Gasteiger partial charge in [-0.2, -0.15) is 0 Å². The SMILES string of the molecule is Cn1c(CC(N)C2CCOC2)nc2ccccc21. The zero-order valence-electron chi connectivity index (χ0n) is 10.7. The van der Waals surface area contributed by atoms with Crippen LogP contribution in [0.2, 0.25) is 0 Å². The summed E-state index contributed by atoms with van der Waals surface area (Å²) >= 11 is 0. The molecule has 0 aliphatic carbocycles. The molecule has 4 heteroatoms. The van der Waals surface area contributed by atoms with E-state index < -0.39 is 0 Å². The summed E-state index contributed by atoms with van der Waals surface area (Å²) in [4.78, 5) is 4.67. The van der Waals surface area contributed by atoms with Crippen molar-refractivity contribution in [1.82, 2.24) is 9.55 Å². The zero-order chi connectivity index (χ0) is 12.5. The number of aromatic nitrogens is 2. The highest BCUT2D eigenvalue weighted by Gasteiger charge is 2.24. The van der Waals surface area contributed by atoms with Crippen molar-refractivity contribution in [3.63, 3.8) is 0 Å². The van der Waals surface area contributed by atoms with E-state index in [2.05, 4.69) is 22.7 Å². The second-order valence-corrected chi connectivity index (χ2v) is 5.07. The predicted octanol–water partition coefficient (Wildman–Crippen LogP) is 1.48. The summed E-state index contributed by atoms with van der Waals surface area (Å²) in [5.41, 5.74) is 8.48. The van der Waals surface area contributed by atoms with Crippen molar-refractivity contribution in [3.8, 4) is 0 Å². The van der Waals surface area contributed by atoms with E-state index in [9.17, 15) is 0 Å². The highest BCUT2D eigenvalue weighted by molar-refractivity contribution is 5.75. The van der Waals surface area contributed by atoms with E-state index >= 15 is 0 Å². The molecule has 0 spiro atoms. The lowest BCUT2D eigenvalue weighted by Crippen LogP contribution is -2.33. The minimum Gasteiger partial charge on any atom is -0.381 e. The van der Waals surface area contributed by atoms with E-state index in [0.29, 0.717) is 5.92 Å². The van der Waals surface area contributed by atoms with Crippen LogP contribution in [-0.2, 0) is 18.2 Å².